The van der Waals surface area contributed by atoms with Crippen LogP contribution in [0.5, 0.6) is 11.8 Å². The number of rotatable bonds is 18. The second-order valence-electron chi connectivity index (χ2n) is 16.3. The molecular formula is C59H80BrCl2K2N9O13. The maximum atomic E-state index is 12.0. The van der Waals surface area contributed by atoms with E-state index in [2.05, 4.69) is 107 Å². The zero-order chi connectivity index (χ0) is 61.4. The number of ether oxygens (including phenoxy) is 4. The van der Waals surface area contributed by atoms with Gasteiger partial charge in [-0.2, -0.15) is 9.97 Å². The maximum Gasteiger partial charge on any atom is 1.00 e. The van der Waals surface area contributed by atoms with E-state index in [4.69, 9.17) is 45.3 Å². The summed E-state index contributed by atoms with van der Waals surface area (Å²) >= 11 is 12.2. The molecule has 462 valence electrons. The number of alkyl halides is 1. The maximum absolute atomic E-state index is 12.0. The van der Waals surface area contributed by atoms with Crippen LogP contribution in [0.25, 0.3) is 11.0 Å². The Morgan fingerprint density at radius 2 is 1.03 bits per heavy atom. The molecule has 3 aromatic carbocycles. The molecule has 0 aliphatic heterocycles. The van der Waals surface area contributed by atoms with Gasteiger partial charge in [0.2, 0.25) is 17.3 Å². The van der Waals surface area contributed by atoms with Crippen molar-refractivity contribution in [3.63, 3.8) is 0 Å². The number of hydrogen-bond donors (Lipinski definition) is 6. The van der Waals surface area contributed by atoms with Crippen molar-refractivity contribution in [2.75, 3.05) is 44.3 Å². The van der Waals surface area contributed by atoms with E-state index in [1.807, 2.05) is 99.6 Å². The number of aromatic amines is 3. The quantitative estimate of drug-likeness (QED) is 0.0133. The molecule has 0 atom stereocenters. The van der Waals surface area contributed by atoms with Gasteiger partial charge in [0.25, 0.3) is 12.0 Å². The van der Waals surface area contributed by atoms with Crippen molar-refractivity contribution in [2.45, 2.75) is 101 Å². The molecule has 22 nitrogen and oxygen atoms in total. The summed E-state index contributed by atoms with van der Waals surface area (Å²) in [6.07, 6.45) is 1.83. The van der Waals surface area contributed by atoms with Gasteiger partial charge >= 0.3 is 125 Å². The van der Waals surface area contributed by atoms with Crippen molar-refractivity contribution < 1.29 is 152 Å². The molecule has 0 saturated heterocycles. The normalized spacial score (nSPS) is 9.36. The number of carbonyl (C=O) groups is 4. The average molecular weight is 1350 g/mol. The number of nitrogens with zero attached hydrogens (tertiary/aromatic N) is 3. The summed E-state index contributed by atoms with van der Waals surface area (Å²) in [6.45, 7) is 20.5. The van der Waals surface area contributed by atoms with Gasteiger partial charge in [-0.3, -0.25) is 29.1 Å². The van der Waals surface area contributed by atoms with Gasteiger partial charge in [0, 0.05) is 23.5 Å². The number of esters is 2. The van der Waals surface area contributed by atoms with Crippen molar-refractivity contribution in [3.8, 4) is 11.8 Å². The molecule has 0 radical (unpaired) electrons. The van der Waals surface area contributed by atoms with Gasteiger partial charge in [0.1, 0.15) is 36.0 Å². The second kappa shape index (κ2) is 52.3. The molecule has 7 aromatic rings. The molecule has 0 spiro atoms. The van der Waals surface area contributed by atoms with Crippen LogP contribution in [0.3, 0.4) is 0 Å². The number of benzene rings is 3. The third-order valence-electron chi connectivity index (χ3n) is 11.0. The van der Waals surface area contributed by atoms with Crippen LogP contribution in [0.15, 0.2) is 124 Å². The number of H-pyrrole nitrogens is 3. The largest absolute Gasteiger partial charge is 1.00 e. The van der Waals surface area contributed by atoms with Crippen molar-refractivity contribution in [3.05, 3.63) is 185 Å². The number of aryl methyl sites for hydroxylation is 3. The number of nitrogens with two attached hydrogens (primary N) is 2. The van der Waals surface area contributed by atoms with Crippen LogP contribution in [-0.4, -0.2) is 85.8 Å². The van der Waals surface area contributed by atoms with Crippen LogP contribution >= 0.6 is 39.1 Å². The van der Waals surface area contributed by atoms with Crippen LogP contribution < -0.4 is 152 Å². The first kappa shape index (κ1) is 87.8. The molecule has 86 heavy (non-hydrogen) atoms. The van der Waals surface area contributed by atoms with Crippen LogP contribution in [0.4, 0.5) is 16.4 Å². The smallest absolute Gasteiger partial charge is 1.00 e. The van der Waals surface area contributed by atoms with E-state index in [1.165, 1.54) is 31.3 Å². The van der Waals surface area contributed by atoms with Crippen LogP contribution in [0, 0.1) is 0 Å². The summed E-state index contributed by atoms with van der Waals surface area (Å²) in [5, 5.41) is 9.78. The first-order valence-electron chi connectivity index (χ1n) is 25.9. The minimum Gasteiger partial charge on any atom is -1.00 e. The van der Waals surface area contributed by atoms with Crippen LogP contribution in [-0.2, 0) is 57.0 Å². The third kappa shape index (κ3) is 34.8. The number of aromatic nitrogens is 5. The fourth-order valence-corrected chi connectivity index (χ4v) is 7.39. The number of anilines is 2. The Labute approximate surface area is 607 Å². The number of nitrogens with one attached hydrogen (secondary N) is 3. The zero-order valence-corrected chi connectivity index (χ0v) is 59.2. The number of fused-ring (bicyclic) bond motifs is 1. The molecule has 0 amide bonds. The van der Waals surface area contributed by atoms with Crippen molar-refractivity contribution in [1.82, 2.24) is 36.0 Å². The summed E-state index contributed by atoms with van der Waals surface area (Å²) < 4.78 is 20.3. The molecule has 4 aromatic heterocycles. The molecule has 4 heterocycles. The number of pyridine rings is 3. The van der Waals surface area contributed by atoms with E-state index in [0.29, 0.717) is 67.4 Å². The predicted molar refractivity (Wildman–Crippen MR) is 334 cm³/mol. The fraction of sp³-hybridized carbons (Fsp3) is 0.339. The summed E-state index contributed by atoms with van der Waals surface area (Å²) in [6, 6.07) is 34.6. The van der Waals surface area contributed by atoms with Crippen molar-refractivity contribution >= 4 is 84.9 Å². The van der Waals surface area contributed by atoms with Gasteiger partial charge in [-0.25, -0.2) is 14.4 Å². The van der Waals surface area contributed by atoms with E-state index in [9.17, 15) is 24.0 Å². The van der Waals surface area contributed by atoms with E-state index >= 15 is 0 Å². The Balaban J connectivity index is -0.000000323. The first-order chi connectivity index (χ1) is 39.3. The number of carbonyl (C=O) groups excluding carboxylic acids is 4. The minimum absolute atomic E-state index is 0. The van der Waals surface area contributed by atoms with Gasteiger partial charge in [0.05, 0.1) is 18.6 Å². The number of nitrogen functional groups attached to an aromatic ring is 2. The van der Waals surface area contributed by atoms with Crippen molar-refractivity contribution in [2.24, 2.45) is 0 Å². The van der Waals surface area contributed by atoms with Crippen LogP contribution in [0.1, 0.15) is 118 Å². The molecule has 27 heteroatoms. The van der Waals surface area contributed by atoms with E-state index in [-0.39, 0.29) is 159 Å². The Morgan fingerprint density at radius 3 is 1.41 bits per heavy atom. The summed E-state index contributed by atoms with van der Waals surface area (Å²) in [5.74, 6) is 0.0569. The Bertz CT molecular complexity index is 3180. The first-order valence-corrected chi connectivity index (χ1v) is 27.8. The fourth-order valence-electron chi connectivity index (χ4n) is 7.02. The standard InChI is InChI=1S/C17H20N2O3.C16H15N3O3.C10H14N2O3.C7H7Br.C6H15N.CCl2O.CH2O3.CH4.2K.H3N.H/c1-3-13-10-14(22-11-12-8-6-5-7-9-12)19-16(18)15(13)17(20)21-4-2;1-2-11-8-12(22-9-10-6-4-3-5-7-10)17-14-13(11)15(20)19-16(21)18-14;1-3-6-5-7(13)12-9(11)8(6)10(14)15-4-2;8-6-7-4-2-1-3-5-7;1-4-7(5-2)6-3;2-1(3)4;2-1-4-3;;;;;/h5-10H,3-4,11H2,1-2H3,(H2,18,19);3-8H,2,9H2,1H3,(H2,17,18,19,20,21);5H,3-4H2,1-2H3,(H3,11,12,13);1-5H,6H2;4-6H2,1-3H3;;1,3H;1H4;;;1H3;/q;;;;;;;;2*+1;;-1/p-1. The van der Waals surface area contributed by atoms with Gasteiger partial charge in [-0.15, -0.1) is 0 Å². The van der Waals surface area contributed by atoms with E-state index < -0.39 is 27.9 Å². The van der Waals surface area contributed by atoms with E-state index in [1.54, 1.807) is 26.0 Å². The molecule has 10 N–H and O–H groups in total. The molecule has 0 unspecified atom stereocenters. The zero-order valence-electron chi connectivity index (χ0n) is 50.9. The van der Waals surface area contributed by atoms with Gasteiger partial charge in [-0.05, 0) is 109 Å². The SMILES string of the molecule is BrCc1ccccc1.C.CCN(CC)CC.CCOC(=O)c1c(CC)cc(=O)[nH]c1N.CCOC(=O)c1c(CC)cc(OCc2ccccc2)nc1N.CCc1cc(OCc2ccccc2)nc2[nH]c(=O)[nH]c(=O)c12.N.O=C(Cl)Cl.O=CO[O-].[H-].[K+].[K+]. The van der Waals surface area contributed by atoms with E-state index in [0.717, 1.165) is 27.6 Å². The van der Waals surface area contributed by atoms with Crippen molar-refractivity contribution in [1.29, 1.82) is 0 Å². The molecule has 0 saturated carbocycles. The summed E-state index contributed by atoms with van der Waals surface area (Å²) in [5.41, 5.74) is 16.5. The summed E-state index contributed by atoms with van der Waals surface area (Å²) in [4.78, 5) is 96.0. The molecule has 0 bridgehead atoms. The minimum atomic E-state index is -0.889. The Morgan fingerprint density at radius 1 is 0.640 bits per heavy atom. The number of hydrogen-bond acceptors (Lipinski definition) is 19. The summed E-state index contributed by atoms with van der Waals surface area (Å²) in [7, 11) is 0. The molecule has 0 aliphatic carbocycles. The second-order valence-corrected chi connectivity index (χ2v) is 17.7. The van der Waals surface area contributed by atoms with Crippen LogP contribution in [0.2, 0.25) is 0 Å². The number of halogens is 3. The average Bonchev–Trinajstić information content (AvgIpc) is 1.78. The molecule has 0 fully saturated rings. The monoisotopic (exact) mass is 1350 g/mol. The van der Waals surface area contributed by atoms with Gasteiger partial charge in [-0.1, -0.05) is 156 Å². The molecule has 7 rings (SSSR count). The Kier molecular flexibility index (Phi) is 53.4. The van der Waals surface area contributed by atoms with Gasteiger partial charge < -0.3 is 58.0 Å². The molecule has 0 aliphatic rings. The third-order valence-corrected chi connectivity index (χ3v) is 11.6. The predicted octanol–water partition coefficient (Wildman–Crippen LogP) is 4.30. The Hall–Kier alpha value is -4.66. The topological polar surface area (TPSA) is 352 Å². The van der Waals surface area contributed by atoms with Gasteiger partial charge in [0.15, 0.2) is 5.65 Å². The molecular weight excluding hydrogens is 1270 g/mol.